The van der Waals surface area contributed by atoms with Crippen LogP contribution in [-0.4, -0.2) is 22.0 Å². The second kappa shape index (κ2) is 5.14. The maximum absolute atomic E-state index is 6.08. The van der Waals surface area contributed by atoms with Crippen molar-refractivity contribution in [2.45, 2.75) is 6.92 Å². The molecule has 0 saturated carbocycles. The van der Waals surface area contributed by atoms with Crippen LogP contribution in [0.5, 0.6) is 0 Å². The molecule has 2 heterocycles. The molecular formula is C11H10ClIN4. The van der Waals surface area contributed by atoms with E-state index in [4.69, 9.17) is 11.6 Å². The van der Waals surface area contributed by atoms with Crippen molar-refractivity contribution in [3.8, 4) is 11.5 Å². The molecular weight excluding hydrogens is 351 g/mol. The number of aryl methyl sites for hydroxylation is 1. The van der Waals surface area contributed by atoms with E-state index in [0.29, 0.717) is 16.5 Å². The van der Waals surface area contributed by atoms with Crippen LogP contribution in [0.3, 0.4) is 0 Å². The average molecular weight is 361 g/mol. The van der Waals surface area contributed by atoms with Crippen LogP contribution in [0.1, 0.15) is 5.69 Å². The Bertz CT molecular complexity index is 559. The average Bonchev–Trinajstić information content (AvgIpc) is 2.33. The van der Waals surface area contributed by atoms with Crippen molar-refractivity contribution in [1.29, 1.82) is 0 Å². The molecule has 0 atom stereocenters. The highest BCUT2D eigenvalue weighted by Gasteiger charge is 2.12. The smallest absolute Gasteiger partial charge is 0.182 e. The van der Waals surface area contributed by atoms with E-state index in [1.165, 1.54) is 0 Å². The SMILES string of the molecule is CNc1nc(-c2ncccc2Cl)nc(C)c1I. The van der Waals surface area contributed by atoms with Gasteiger partial charge in [0.1, 0.15) is 11.5 Å². The fourth-order valence-electron chi connectivity index (χ4n) is 1.38. The molecule has 0 saturated heterocycles. The third kappa shape index (κ3) is 2.50. The van der Waals surface area contributed by atoms with Gasteiger partial charge >= 0.3 is 0 Å². The van der Waals surface area contributed by atoms with Gasteiger partial charge < -0.3 is 5.32 Å². The van der Waals surface area contributed by atoms with Gasteiger partial charge in [-0.05, 0) is 41.6 Å². The third-order valence-corrected chi connectivity index (χ3v) is 3.82. The summed E-state index contributed by atoms with van der Waals surface area (Å²) in [6, 6.07) is 3.56. The van der Waals surface area contributed by atoms with E-state index in [1.54, 1.807) is 18.3 Å². The van der Waals surface area contributed by atoms with Crippen molar-refractivity contribution < 1.29 is 0 Å². The fraction of sp³-hybridized carbons (Fsp3) is 0.182. The second-order valence-corrected chi connectivity index (χ2v) is 4.86. The Balaban J connectivity index is 2.61. The molecule has 0 spiro atoms. The van der Waals surface area contributed by atoms with Crippen molar-refractivity contribution in [3.05, 3.63) is 32.6 Å². The van der Waals surface area contributed by atoms with Crippen LogP contribution in [-0.2, 0) is 0 Å². The third-order valence-electron chi connectivity index (χ3n) is 2.22. The molecule has 1 N–H and O–H groups in total. The first kappa shape index (κ1) is 12.5. The minimum Gasteiger partial charge on any atom is -0.372 e. The molecule has 0 amide bonds. The number of aromatic nitrogens is 3. The van der Waals surface area contributed by atoms with Crippen LogP contribution in [0.25, 0.3) is 11.5 Å². The summed E-state index contributed by atoms with van der Waals surface area (Å²) in [6.45, 7) is 1.94. The summed E-state index contributed by atoms with van der Waals surface area (Å²) >= 11 is 8.29. The minimum absolute atomic E-state index is 0.540. The Morgan fingerprint density at radius 3 is 2.76 bits per heavy atom. The molecule has 0 radical (unpaired) electrons. The molecule has 2 rings (SSSR count). The zero-order valence-electron chi connectivity index (χ0n) is 9.33. The molecule has 6 heteroatoms. The van der Waals surface area contributed by atoms with E-state index < -0.39 is 0 Å². The highest BCUT2D eigenvalue weighted by molar-refractivity contribution is 14.1. The summed E-state index contributed by atoms with van der Waals surface area (Å²) < 4.78 is 1.00. The first-order valence-electron chi connectivity index (χ1n) is 4.96. The second-order valence-electron chi connectivity index (χ2n) is 3.38. The summed E-state index contributed by atoms with van der Waals surface area (Å²) in [6.07, 6.45) is 1.68. The van der Waals surface area contributed by atoms with Crippen LogP contribution in [0, 0.1) is 10.5 Å². The van der Waals surface area contributed by atoms with Gasteiger partial charge in [0, 0.05) is 13.2 Å². The largest absolute Gasteiger partial charge is 0.372 e. The molecule has 0 aliphatic carbocycles. The Morgan fingerprint density at radius 2 is 2.12 bits per heavy atom. The molecule has 0 aromatic carbocycles. The first-order chi connectivity index (χ1) is 8.13. The molecule has 4 nitrogen and oxygen atoms in total. The van der Waals surface area contributed by atoms with E-state index in [2.05, 4.69) is 42.9 Å². The number of nitrogens with one attached hydrogen (secondary N) is 1. The van der Waals surface area contributed by atoms with Crippen LogP contribution >= 0.6 is 34.2 Å². The zero-order chi connectivity index (χ0) is 12.4. The fourth-order valence-corrected chi connectivity index (χ4v) is 2.10. The lowest BCUT2D eigenvalue weighted by atomic mass is 10.3. The number of rotatable bonds is 2. The van der Waals surface area contributed by atoms with E-state index >= 15 is 0 Å². The summed E-state index contributed by atoms with van der Waals surface area (Å²) in [5.74, 6) is 1.33. The molecule has 17 heavy (non-hydrogen) atoms. The van der Waals surface area contributed by atoms with Gasteiger partial charge in [-0.25, -0.2) is 9.97 Å². The molecule has 0 aliphatic rings. The van der Waals surface area contributed by atoms with Crippen LogP contribution < -0.4 is 5.32 Å². The van der Waals surface area contributed by atoms with Crippen LogP contribution in [0.4, 0.5) is 5.82 Å². The number of hydrogen-bond donors (Lipinski definition) is 1. The summed E-state index contributed by atoms with van der Waals surface area (Å²) in [5, 5.41) is 3.59. The quantitative estimate of drug-likeness (QED) is 0.836. The molecule has 2 aromatic rings. The summed E-state index contributed by atoms with van der Waals surface area (Å²) in [4.78, 5) is 13.0. The van der Waals surface area contributed by atoms with Gasteiger partial charge in [0.2, 0.25) is 0 Å². The van der Waals surface area contributed by atoms with Gasteiger partial charge in [0.05, 0.1) is 14.3 Å². The predicted molar refractivity (Wildman–Crippen MR) is 77.3 cm³/mol. The number of pyridine rings is 1. The Hall–Kier alpha value is -0.950. The highest BCUT2D eigenvalue weighted by Crippen LogP contribution is 2.26. The van der Waals surface area contributed by atoms with E-state index in [1.807, 2.05) is 14.0 Å². The minimum atomic E-state index is 0.540. The zero-order valence-corrected chi connectivity index (χ0v) is 12.2. The summed E-state index contributed by atoms with van der Waals surface area (Å²) in [5.41, 5.74) is 1.51. The van der Waals surface area contributed by atoms with Gasteiger partial charge in [-0.2, -0.15) is 0 Å². The lowest BCUT2D eigenvalue weighted by molar-refractivity contribution is 1.07. The molecule has 0 aliphatic heterocycles. The number of nitrogens with zero attached hydrogens (tertiary/aromatic N) is 3. The molecule has 88 valence electrons. The summed E-state index contributed by atoms with van der Waals surface area (Å²) in [7, 11) is 1.83. The van der Waals surface area contributed by atoms with Gasteiger partial charge in [-0.3, -0.25) is 4.98 Å². The Kier molecular flexibility index (Phi) is 3.78. The normalized spacial score (nSPS) is 10.4. The van der Waals surface area contributed by atoms with E-state index in [0.717, 1.165) is 15.1 Å². The van der Waals surface area contributed by atoms with Crippen LogP contribution in [0.2, 0.25) is 5.02 Å². The first-order valence-corrected chi connectivity index (χ1v) is 6.42. The van der Waals surface area contributed by atoms with Crippen LogP contribution in [0.15, 0.2) is 18.3 Å². The number of halogens is 2. The molecule has 0 unspecified atom stereocenters. The number of hydrogen-bond acceptors (Lipinski definition) is 4. The topological polar surface area (TPSA) is 50.7 Å². The van der Waals surface area contributed by atoms with E-state index in [-0.39, 0.29) is 0 Å². The van der Waals surface area contributed by atoms with Gasteiger partial charge in [-0.1, -0.05) is 11.6 Å². The van der Waals surface area contributed by atoms with Gasteiger partial charge in [0.25, 0.3) is 0 Å². The van der Waals surface area contributed by atoms with Crippen molar-refractivity contribution in [3.63, 3.8) is 0 Å². The predicted octanol–water partition coefficient (Wildman–Crippen LogP) is 3.15. The van der Waals surface area contributed by atoms with Crippen molar-refractivity contribution in [1.82, 2.24) is 15.0 Å². The van der Waals surface area contributed by atoms with Gasteiger partial charge in [0.15, 0.2) is 5.82 Å². The monoisotopic (exact) mass is 360 g/mol. The molecule has 0 bridgehead atoms. The molecule has 2 aromatic heterocycles. The van der Waals surface area contributed by atoms with Crippen molar-refractivity contribution in [2.24, 2.45) is 0 Å². The Labute approximate surface area is 118 Å². The number of anilines is 1. The van der Waals surface area contributed by atoms with Crippen molar-refractivity contribution >= 4 is 40.0 Å². The Morgan fingerprint density at radius 1 is 1.35 bits per heavy atom. The maximum atomic E-state index is 6.08. The standard InChI is InChI=1S/C11H10ClIN4/c1-6-8(13)10(14-2)17-11(16-6)9-7(12)4-3-5-15-9/h3-5H,1-2H3,(H,14,16,17). The van der Waals surface area contributed by atoms with Crippen molar-refractivity contribution in [2.75, 3.05) is 12.4 Å². The highest BCUT2D eigenvalue weighted by atomic mass is 127. The maximum Gasteiger partial charge on any atom is 0.182 e. The van der Waals surface area contributed by atoms with E-state index in [9.17, 15) is 0 Å². The lowest BCUT2D eigenvalue weighted by Gasteiger charge is -2.08. The molecule has 0 fully saturated rings. The lowest BCUT2D eigenvalue weighted by Crippen LogP contribution is -2.03. The van der Waals surface area contributed by atoms with Gasteiger partial charge in [-0.15, -0.1) is 0 Å².